The van der Waals surface area contributed by atoms with Gasteiger partial charge in [0.2, 0.25) is 0 Å². The fourth-order valence-electron chi connectivity index (χ4n) is 0.906. The summed E-state index contributed by atoms with van der Waals surface area (Å²) in [7, 11) is 0. The lowest BCUT2D eigenvalue weighted by atomic mass is 9.90. The van der Waals surface area contributed by atoms with E-state index >= 15 is 0 Å². The standard InChI is InChI=1S/C8H14O/c1-7(2)8(3)5-4-6-9-8/h4,6-7H,5H2,1-3H3. The zero-order chi connectivity index (χ0) is 6.91. The first-order valence-electron chi connectivity index (χ1n) is 3.48. The van der Waals surface area contributed by atoms with Crippen LogP contribution in [-0.4, -0.2) is 5.60 Å². The first kappa shape index (κ1) is 6.66. The molecule has 0 saturated heterocycles. The van der Waals surface area contributed by atoms with Crippen molar-refractivity contribution in [2.24, 2.45) is 5.92 Å². The van der Waals surface area contributed by atoms with Gasteiger partial charge in [0.25, 0.3) is 0 Å². The molecule has 0 aliphatic carbocycles. The quantitative estimate of drug-likeness (QED) is 0.524. The highest BCUT2D eigenvalue weighted by Crippen LogP contribution is 2.29. The predicted molar refractivity (Wildman–Crippen MR) is 38.1 cm³/mol. The highest BCUT2D eigenvalue weighted by molar-refractivity contribution is 4.96. The molecule has 52 valence electrons. The van der Waals surface area contributed by atoms with Crippen LogP contribution in [0.5, 0.6) is 0 Å². The minimum atomic E-state index is 0.0833. The lowest BCUT2D eigenvalue weighted by Crippen LogP contribution is -2.29. The summed E-state index contributed by atoms with van der Waals surface area (Å²) in [5.74, 6) is 0.604. The molecule has 0 aromatic heterocycles. The molecule has 0 N–H and O–H groups in total. The first-order chi connectivity index (χ1) is 4.15. The van der Waals surface area contributed by atoms with Crippen LogP contribution in [-0.2, 0) is 4.74 Å². The van der Waals surface area contributed by atoms with Crippen LogP contribution in [0.15, 0.2) is 12.3 Å². The average Bonchev–Trinajstić information content (AvgIpc) is 2.16. The predicted octanol–water partition coefficient (Wildman–Crippen LogP) is 2.34. The van der Waals surface area contributed by atoms with Gasteiger partial charge < -0.3 is 4.74 Å². The number of hydrogen-bond acceptors (Lipinski definition) is 1. The highest BCUT2D eigenvalue weighted by atomic mass is 16.5. The van der Waals surface area contributed by atoms with Crippen molar-refractivity contribution in [1.29, 1.82) is 0 Å². The van der Waals surface area contributed by atoms with Crippen molar-refractivity contribution >= 4 is 0 Å². The van der Waals surface area contributed by atoms with Crippen LogP contribution in [0, 0.1) is 5.92 Å². The van der Waals surface area contributed by atoms with Crippen LogP contribution in [0.3, 0.4) is 0 Å². The summed E-state index contributed by atoms with van der Waals surface area (Å²) in [6.45, 7) is 6.53. The molecular formula is C8H14O. The van der Waals surface area contributed by atoms with E-state index < -0.39 is 0 Å². The monoisotopic (exact) mass is 126 g/mol. The summed E-state index contributed by atoms with van der Waals surface area (Å²) in [5.41, 5.74) is 0.0833. The number of rotatable bonds is 1. The SMILES string of the molecule is CC(C)C1(C)CC=CO1. The fraction of sp³-hybridized carbons (Fsp3) is 0.750. The van der Waals surface area contributed by atoms with Crippen molar-refractivity contribution in [3.05, 3.63) is 12.3 Å². The molecular weight excluding hydrogens is 112 g/mol. The van der Waals surface area contributed by atoms with Gasteiger partial charge in [0, 0.05) is 6.42 Å². The van der Waals surface area contributed by atoms with E-state index in [1.165, 1.54) is 0 Å². The molecule has 1 heterocycles. The van der Waals surface area contributed by atoms with Crippen LogP contribution < -0.4 is 0 Å². The Morgan fingerprint density at radius 3 is 2.44 bits per heavy atom. The second kappa shape index (κ2) is 2.05. The second-order valence-electron chi connectivity index (χ2n) is 3.16. The molecule has 1 aliphatic heterocycles. The van der Waals surface area contributed by atoms with E-state index in [1.54, 1.807) is 6.26 Å². The maximum absolute atomic E-state index is 5.42. The van der Waals surface area contributed by atoms with E-state index in [0.717, 1.165) is 6.42 Å². The maximum atomic E-state index is 5.42. The molecule has 1 atom stereocenters. The van der Waals surface area contributed by atoms with Crippen molar-refractivity contribution < 1.29 is 4.74 Å². The summed E-state index contributed by atoms with van der Waals surface area (Å²) in [6.07, 6.45) is 4.95. The Labute approximate surface area is 56.7 Å². The Morgan fingerprint density at radius 1 is 1.56 bits per heavy atom. The van der Waals surface area contributed by atoms with Crippen LogP contribution >= 0.6 is 0 Å². The topological polar surface area (TPSA) is 9.23 Å². The Balaban J connectivity index is 2.55. The molecule has 0 aromatic rings. The van der Waals surface area contributed by atoms with Gasteiger partial charge in [-0.05, 0) is 18.9 Å². The lowest BCUT2D eigenvalue weighted by Gasteiger charge is -2.27. The molecule has 0 fully saturated rings. The van der Waals surface area contributed by atoms with Crippen LogP contribution in [0.2, 0.25) is 0 Å². The van der Waals surface area contributed by atoms with E-state index in [4.69, 9.17) is 4.74 Å². The molecule has 0 aromatic carbocycles. The van der Waals surface area contributed by atoms with Gasteiger partial charge in [-0.3, -0.25) is 0 Å². The molecule has 1 unspecified atom stereocenters. The molecule has 0 saturated carbocycles. The van der Waals surface area contributed by atoms with Crippen LogP contribution in [0.1, 0.15) is 27.2 Å². The molecule has 0 radical (unpaired) electrons. The van der Waals surface area contributed by atoms with Gasteiger partial charge in [0.15, 0.2) is 0 Å². The van der Waals surface area contributed by atoms with E-state index in [0.29, 0.717) is 5.92 Å². The lowest BCUT2D eigenvalue weighted by molar-refractivity contribution is 0.0190. The zero-order valence-electron chi connectivity index (χ0n) is 6.35. The zero-order valence-corrected chi connectivity index (χ0v) is 6.35. The van der Waals surface area contributed by atoms with E-state index in [-0.39, 0.29) is 5.60 Å². The van der Waals surface area contributed by atoms with Crippen molar-refractivity contribution in [3.63, 3.8) is 0 Å². The molecule has 1 rings (SSSR count). The smallest absolute Gasteiger partial charge is 0.111 e. The third-order valence-electron chi connectivity index (χ3n) is 2.18. The third-order valence-corrected chi connectivity index (χ3v) is 2.18. The Bertz CT molecular complexity index is 117. The van der Waals surface area contributed by atoms with Crippen molar-refractivity contribution in [2.45, 2.75) is 32.8 Å². The van der Waals surface area contributed by atoms with Gasteiger partial charge in [0.1, 0.15) is 5.60 Å². The minimum Gasteiger partial charge on any atom is -0.495 e. The minimum absolute atomic E-state index is 0.0833. The van der Waals surface area contributed by atoms with Crippen molar-refractivity contribution in [2.75, 3.05) is 0 Å². The normalized spacial score (nSPS) is 33.3. The summed E-state index contributed by atoms with van der Waals surface area (Å²) in [4.78, 5) is 0. The molecule has 0 bridgehead atoms. The number of ether oxygens (including phenoxy) is 1. The Morgan fingerprint density at radius 2 is 2.22 bits per heavy atom. The van der Waals surface area contributed by atoms with Crippen molar-refractivity contribution in [3.8, 4) is 0 Å². The van der Waals surface area contributed by atoms with Gasteiger partial charge in [-0.1, -0.05) is 13.8 Å². The van der Waals surface area contributed by atoms with Gasteiger partial charge >= 0.3 is 0 Å². The first-order valence-corrected chi connectivity index (χ1v) is 3.48. The van der Waals surface area contributed by atoms with Crippen LogP contribution in [0.25, 0.3) is 0 Å². The largest absolute Gasteiger partial charge is 0.495 e. The van der Waals surface area contributed by atoms with Gasteiger partial charge in [-0.25, -0.2) is 0 Å². The third kappa shape index (κ3) is 1.09. The molecule has 0 spiro atoms. The Hall–Kier alpha value is -0.460. The Kier molecular flexibility index (Phi) is 1.52. The molecule has 1 heteroatoms. The fourth-order valence-corrected chi connectivity index (χ4v) is 0.906. The van der Waals surface area contributed by atoms with Crippen LogP contribution in [0.4, 0.5) is 0 Å². The maximum Gasteiger partial charge on any atom is 0.111 e. The number of hydrogen-bond donors (Lipinski definition) is 0. The van der Waals surface area contributed by atoms with Gasteiger partial charge in [0.05, 0.1) is 6.26 Å². The summed E-state index contributed by atoms with van der Waals surface area (Å²) >= 11 is 0. The molecule has 1 nitrogen and oxygen atoms in total. The van der Waals surface area contributed by atoms with Gasteiger partial charge in [-0.2, -0.15) is 0 Å². The van der Waals surface area contributed by atoms with E-state index in [9.17, 15) is 0 Å². The molecule has 9 heavy (non-hydrogen) atoms. The summed E-state index contributed by atoms with van der Waals surface area (Å²) in [5, 5.41) is 0. The summed E-state index contributed by atoms with van der Waals surface area (Å²) < 4.78 is 5.42. The average molecular weight is 126 g/mol. The highest BCUT2D eigenvalue weighted by Gasteiger charge is 2.30. The second-order valence-corrected chi connectivity index (χ2v) is 3.16. The van der Waals surface area contributed by atoms with E-state index in [1.807, 2.05) is 0 Å². The molecule has 1 aliphatic rings. The van der Waals surface area contributed by atoms with E-state index in [2.05, 4.69) is 26.8 Å². The van der Waals surface area contributed by atoms with Gasteiger partial charge in [-0.15, -0.1) is 0 Å². The molecule has 0 amide bonds. The van der Waals surface area contributed by atoms with Crippen molar-refractivity contribution in [1.82, 2.24) is 0 Å². The summed E-state index contributed by atoms with van der Waals surface area (Å²) in [6, 6.07) is 0.